The molecule has 1 fully saturated rings. The van der Waals surface area contributed by atoms with Gasteiger partial charge in [0.2, 0.25) is 0 Å². The Bertz CT molecular complexity index is 619. The Labute approximate surface area is 114 Å². The number of rotatable bonds is 3. The van der Waals surface area contributed by atoms with E-state index in [1.54, 1.807) is 4.57 Å². The van der Waals surface area contributed by atoms with Crippen molar-refractivity contribution in [1.82, 2.24) is 19.5 Å². The minimum Gasteiger partial charge on any atom is -0.396 e. The fourth-order valence-corrected chi connectivity index (χ4v) is 3.00. The summed E-state index contributed by atoms with van der Waals surface area (Å²) in [6, 6.07) is -0.511. The van der Waals surface area contributed by atoms with Crippen LogP contribution in [0.5, 0.6) is 0 Å². The second-order valence-electron chi connectivity index (χ2n) is 5.12. The first-order chi connectivity index (χ1) is 9.67. The molecule has 0 spiro atoms. The molecule has 1 aliphatic rings. The summed E-state index contributed by atoms with van der Waals surface area (Å²) in [5, 5.41) is 18.6. The summed E-state index contributed by atoms with van der Waals surface area (Å²) in [4.78, 5) is 12.1. The van der Waals surface area contributed by atoms with E-state index in [0.29, 0.717) is 17.6 Å². The number of nitrogen functional groups attached to an aromatic ring is 1. The summed E-state index contributed by atoms with van der Waals surface area (Å²) < 4.78 is 16.1. The summed E-state index contributed by atoms with van der Waals surface area (Å²) in [5.41, 5.74) is 6.62. The molecule has 20 heavy (non-hydrogen) atoms. The molecule has 0 unspecified atom stereocenters. The van der Waals surface area contributed by atoms with Crippen molar-refractivity contribution in [2.75, 3.05) is 18.9 Å². The zero-order chi connectivity index (χ0) is 14.3. The number of alkyl halides is 1. The fourth-order valence-electron chi connectivity index (χ4n) is 3.00. The second kappa shape index (κ2) is 4.95. The number of fused-ring (bicyclic) bond motifs is 1. The molecule has 8 heteroatoms. The van der Waals surface area contributed by atoms with Crippen LogP contribution in [0.2, 0.25) is 0 Å². The predicted octanol–water partition coefficient (Wildman–Crippen LogP) is -0.0916. The van der Waals surface area contributed by atoms with Crippen LogP contribution in [0.25, 0.3) is 11.2 Å². The summed E-state index contributed by atoms with van der Waals surface area (Å²) in [5.74, 6) is -0.585. The number of aliphatic hydroxyl groups is 2. The smallest absolute Gasteiger partial charge is 0.165 e. The molecular formula is C12H16FN5O2. The summed E-state index contributed by atoms with van der Waals surface area (Å²) >= 11 is 0. The number of imidazole rings is 1. The van der Waals surface area contributed by atoms with Crippen LogP contribution < -0.4 is 5.73 Å². The third-order valence-corrected chi connectivity index (χ3v) is 4.12. The van der Waals surface area contributed by atoms with Crippen LogP contribution >= 0.6 is 0 Å². The Morgan fingerprint density at radius 1 is 1.30 bits per heavy atom. The van der Waals surface area contributed by atoms with Crippen molar-refractivity contribution in [2.45, 2.75) is 18.6 Å². The molecule has 0 aliphatic heterocycles. The van der Waals surface area contributed by atoms with Crippen molar-refractivity contribution in [3.05, 3.63) is 12.7 Å². The van der Waals surface area contributed by atoms with Crippen LogP contribution in [-0.2, 0) is 0 Å². The molecule has 2 heterocycles. The van der Waals surface area contributed by atoms with Gasteiger partial charge in [0, 0.05) is 19.1 Å². The van der Waals surface area contributed by atoms with Gasteiger partial charge in [-0.25, -0.2) is 19.3 Å². The Balaban J connectivity index is 2.01. The van der Waals surface area contributed by atoms with Crippen LogP contribution in [0.1, 0.15) is 12.5 Å². The SMILES string of the molecule is Nc1ncnc2c1ncn2[C@@H]1C[C@H](CO)[C@@H](CO)[C@H]1F. The van der Waals surface area contributed by atoms with E-state index in [0.717, 1.165) is 0 Å². The van der Waals surface area contributed by atoms with E-state index in [1.165, 1.54) is 12.7 Å². The highest BCUT2D eigenvalue weighted by atomic mass is 19.1. The normalized spacial score (nSPS) is 30.1. The summed E-state index contributed by atoms with van der Waals surface area (Å²) in [7, 11) is 0. The van der Waals surface area contributed by atoms with Crippen LogP contribution in [0, 0.1) is 11.8 Å². The second-order valence-corrected chi connectivity index (χ2v) is 5.12. The van der Waals surface area contributed by atoms with Gasteiger partial charge in [-0.15, -0.1) is 0 Å². The highest BCUT2D eigenvalue weighted by molar-refractivity contribution is 5.81. The van der Waals surface area contributed by atoms with Crippen molar-refractivity contribution in [3.63, 3.8) is 0 Å². The van der Waals surface area contributed by atoms with Crippen molar-refractivity contribution in [3.8, 4) is 0 Å². The van der Waals surface area contributed by atoms with Gasteiger partial charge in [-0.05, 0) is 12.3 Å². The number of anilines is 1. The van der Waals surface area contributed by atoms with E-state index in [4.69, 9.17) is 5.73 Å². The number of aliphatic hydroxyl groups excluding tert-OH is 2. The molecule has 0 radical (unpaired) electrons. The number of hydrogen-bond acceptors (Lipinski definition) is 6. The van der Waals surface area contributed by atoms with Gasteiger partial charge in [-0.3, -0.25) is 0 Å². The third kappa shape index (κ3) is 1.83. The number of aromatic nitrogens is 4. The molecule has 0 aromatic carbocycles. The standard InChI is InChI=1S/C12H16FN5O2/c13-9-7(3-20)6(2-19)1-8(9)18-5-17-10-11(14)15-4-16-12(10)18/h4-9,19-20H,1-3H2,(H2,14,15,16)/t6-,7-,8-,9-/m1/s1. The van der Waals surface area contributed by atoms with Crippen molar-refractivity contribution >= 4 is 17.0 Å². The topological polar surface area (TPSA) is 110 Å². The molecule has 1 saturated carbocycles. The van der Waals surface area contributed by atoms with Crippen molar-refractivity contribution in [1.29, 1.82) is 0 Å². The van der Waals surface area contributed by atoms with Gasteiger partial charge in [0.15, 0.2) is 11.5 Å². The lowest BCUT2D eigenvalue weighted by atomic mass is 9.97. The molecule has 0 bridgehead atoms. The first kappa shape index (κ1) is 13.2. The number of nitrogens with zero attached hydrogens (tertiary/aromatic N) is 4. The van der Waals surface area contributed by atoms with Gasteiger partial charge in [-0.2, -0.15) is 0 Å². The number of hydrogen-bond donors (Lipinski definition) is 3. The lowest BCUT2D eigenvalue weighted by Crippen LogP contribution is -2.25. The van der Waals surface area contributed by atoms with Crippen molar-refractivity contribution < 1.29 is 14.6 Å². The first-order valence-electron chi connectivity index (χ1n) is 6.46. The molecule has 7 nitrogen and oxygen atoms in total. The zero-order valence-electron chi connectivity index (χ0n) is 10.7. The molecule has 2 aromatic heterocycles. The van der Waals surface area contributed by atoms with E-state index < -0.39 is 18.1 Å². The molecule has 108 valence electrons. The molecule has 0 amide bonds. The first-order valence-corrected chi connectivity index (χ1v) is 6.46. The molecule has 4 N–H and O–H groups in total. The largest absolute Gasteiger partial charge is 0.396 e. The maximum absolute atomic E-state index is 14.5. The van der Waals surface area contributed by atoms with E-state index in [-0.39, 0.29) is 24.9 Å². The van der Waals surface area contributed by atoms with E-state index >= 15 is 0 Å². The quantitative estimate of drug-likeness (QED) is 0.725. The average molecular weight is 281 g/mol. The lowest BCUT2D eigenvalue weighted by Gasteiger charge is -2.18. The van der Waals surface area contributed by atoms with Gasteiger partial charge in [0.05, 0.1) is 12.4 Å². The highest BCUT2D eigenvalue weighted by Gasteiger charge is 2.44. The molecule has 0 saturated heterocycles. The third-order valence-electron chi connectivity index (χ3n) is 4.12. The fraction of sp³-hybridized carbons (Fsp3) is 0.583. The predicted molar refractivity (Wildman–Crippen MR) is 69.4 cm³/mol. The Kier molecular flexibility index (Phi) is 3.27. The van der Waals surface area contributed by atoms with Crippen LogP contribution in [0.4, 0.5) is 10.2 Å². The molecule has 3 rings (SSSR count). The minimum absolute atomic E-state index is 0.147. The van der Waals surface area contributed by atoms with E-state index in [1.807, 2.05) is 0 Å². The Hall–Kier alpha value is -1.80. The molecule has 2 aromatic rings. The van der Waals surface area contributed by atoms with Crippen LogP contribution in [-0.4, -0.2) is 49.1 Å². The summed E-state index contributed by atoms with van der Waals surface area (Å²) in [6.45, 7) is -0.432. The molecule has 4 atom stereocenters. The van der Waals surface area contributed by atoms with Gasteiger partial charge in [0.25, 0.3) is 0 Å². The van der Waals surface area contributed by atoms with E-state index in [2.05, 4.69) is 15.0 Å². The maximum atomic E-state index is 14.5. The average Bonchev–Trinajstić information content (AvgIpc) is 3.00. The highest BCUT2D eigenvalue weighted by Crippen LogP contribution is 2.42. The zero-order valence-corrected chi connectivity index (χ0v) is 10.7. The van der Waals surface area contributed by atoms with Gasteiger partial charge >= 0.3 is 0 Å². The summed E-state index contributed by atoms with van der Waals surface area (Å²) in [6.07, 6.45) is 1.97. The number of nitrogens with two attached hydrogens (primary N) is 1. The van der Waals surface area contributed by atoms with Gasteiger partial charge in [0.1, 0.15) is 18.0 Å². The lowest BCUT2D eigenvalue weighted by molar-refractivity contribution is 0.0957. The number of halogens is 1. The molecular weight excluding hydrogens is 265 g/mol. The van der Waals surface area contributed by atoms with E-state index in [9.17, 15) is 14.6 Å². The van der Waals surface area contributed by atoms with Crippen LogP contribution in [0.3, 0.4) is 0 Å². The minimum atomic E-state index is -1.26. The Morgan fingerprint density at radius 2 is 2.10 bits per heavy atom. The molecule has 1 aliphatic carbocycles. The van der Waals surface area contributed by atoms with Crippen molar-refractivity contribution in [2.24, 2.45) is 11.8 Å². The van der Waals surface area contributed by atoms with Gasteiger partial charge < -0.3 is 20.5 Å². The van der Waals surface area contributed by atoms with Gasteiger partial charge in [-0.1, -0.05) is 0 Å². The Morgan fingerprint density at radius 3 is 2.75 bits per heavy atom. The van der Waals surface area contributed by atoms with Crippen LogP contribution in [0.15, 0.2) is 12.7 Å². The maximum Gasteiger partial charge on any atom is 0.165 e. The monoisotopic (exact) mass is 281 g/mol.